The molecular weight excluding hydrogens is 238 g/mol. The first-order chi connectivity index (χ1) is 9.09. The smallest absolute Gasteiger partial charge is 0.0956 e. The zero-order valence-corrected chi connectivity index (χ0v) is 11.4. The van der Waals surface area contributed by atoms with E-state index >= 15 is 0 Å². The van der Waals surface area contributed by atoms with Gasteiger partial charge in [-0.25, -0.2) is 0 Å². The second-order valence-corrected chi connectivity index (χ2v) is 5.59. The van der Waals surface area contributed by atoms with Crippen molar-refractivity contribution in [2.75, 3.05) is 30.4 Å². The molecule has 0 unspecified atom stereocenters. The van der Waals surface area contributed by atoms with Crippen LogP contribution >= 0.6 is 0 Å². The van der Waals surface area contributed by atoms with Crippen LogP contribution in [0, 0.1) is 0 Å². The second kappa shape index (κ2) is 4.38. The van der Waals surface area contributed by atoms with E-state index in [9.17, 15) is 0 Å². The number of nitrogen functional groups attached to an aromatic ring is 1. The quantitative estimate of drug-likeness (QED) is 0.797. The highest BCUT2D eigenvalue weighted by atomic mass is 16.5. The zero-order chi connectivity index (χ0) is 13.5. The number of hydrogen-bond donors (Lipinski definition) is 1. The van der Waals surface area contributed by atoms with E-state index in [2.05, 4.69) is 29.8 Å². The number of aromatic nitrogens is 1. The fourth-order valence-corrected chi connectivity index (χ4v) is 2.70. The van der Waals surface area contributed by atoms with Crippen LogP contribution in [0.15, 0.2) is 30.5 Å². The maximum Gasteiger partial charge on any atom is 0.0956 e. The van der Waals surface area contributed by atoms with Gasteiger partial charge in [0.25, 0.3) is 0 Å². The normalized spacial score (nSPS) is 18.7. The molecule has 0 saturated carbocycles. The van der Waals surface area contributed by atoms with Crippen LogP contribution in [-0.2, 0) is 4.74 Å². The minimum Gasteiger partial charge on any atom is -0.398 e. The van der Waals surface area contributed by atoms with Gasteiger partial charge in [-0.15, -0.1) is 0 Å². The summed E-state index contributed by atoms with van der Waals surface area (Å²) in [6.07, 6.45) is 1.82. The first-order valence-electron chi connectivity index (χ1n) is 6.58. The third-order valence-corrected chi connectivity index (χ3v) is 3.72. The Morgan fingerprint density at radius 3 is 2.95 bits per heavy atom. The molecule has 4 nitrogen and oxygen atoms in total. The van der Waals surface area contributed by atoms with Gasteiger partial charge in [-0.2, -0.15) is 0 Å². The summed E-state index contributed by atoms with van der Waals surface area (Å²) >= 11 is 0. The summed E-state index contributed by atoms with van der Waals surface area (Å²) in [7, 11) is 0. The van der Waals surface area contributed by atoms with Gasteiger partial charge in [-0.05, 0) is 38.1 Å². The molecule has 0 radical (unpaired) electrons. The molecule has 100 valence electrons. The van der Waals surface area contributed by atoms with Gasteiger partial charge in [-0.1, -0.05) is 0 Å². The molecule has 4 heteroatoms. The first kappa shape index (κ1) is 12.2. The van der Waals surface area contributed by atoms with E-state index in [1.165, 1.54) is 0 Å². The van der Waals surface area contributed by atoms with Crippen molar-refractivity contribution in [3.63, 3.8) is 0 Å². The van der Waals surface area contributed by atoms with Crippen molar-refractivity contribution in [3.05, 3.63) is 30.5 Å². The predicted octanol–water partition coefficient (Wildman–Crippen LogP) is 2.43. The highest BCUT2D eigenvalue weighted by Crippen LogP contribution is 2.34. The van der Waals surface area contributed by atoms with E-state index in [1.54, 1.807) is 0 Å². The highest BCUT2D eigenvalue weighted by Gasteiger charge is 2.31. The first-order valence-corrected chi connectivity index (χ1v) is 6.58. The molecule has 2 heterocycles. The molecule has 19 heavy (non-hydrogen) atoms. The lowest BCUT2D eigenvalue weighted by Crippen LogP contribution is -2.53. The van der Waals surface area contributed by atoms with Gasteiger partial charge >= 0.3 is 0 Å². The molecule has 1 aliphatic heterocycles. The largest absolute Gasteiger partial charge is 0.398 e. The van der Waals surface area contributed by atoms with Gasteiger partial charge in [0.15, 0.2) is 0 Å². The summed E-state index contributed by atoms with van der Waals surface area (Å²) in [6, 6.07) is 7.98. The summed E-state index contributed by atoms with van der Waals surface area (Å²) in [5, 5.41) is 1.02. The lowest BCUT2D eigenvalue weighted by atomic mass is 10.00. The third kappa shape index (κ3) is 2.02. The molecule has 0 aliphatic carbocycles. The minimum absolute atomic E-state index is 0.0290. The topological polar surface area (TPSA) is 51.4 Å². The van der Waals surface area contributed by atoms with E-state index in [-0.39, 0.29) is 5.54 Å². The lowest BCUT2D eigenvalue weighted by Gasteiger charge is -2.44. The Morgan fingerprint density at radius 1 is 1.32 bits per heavy atom. The van der Waals surface area contributed by atoms with Crippen LogP contribution in [0.5, 0.6) is 0 Å². The second-order valence-electron chi connectivity index (χ2n) is 5.59. The maximum atomic E-state index is 6.04. The monoisotopic (exact) mass is 257 g/mol. The number of morpholine rings is 1. The fraction of sp³-hybridized carbons (Fsp3) is 0.400. The number of hydrogen-bond acceptors (Lipinski definition) is 4. The van der Waals surface area contributed by atoms with Crippen LogP contribution in [0.3, 0.4) is 0 Å². The van der Waals surface area contributed by atoms with Crippen LogP contribution in [0.1, 0.15) is 13.8 Å². The molecule has 1 fully saturated rings. The van der Waals surface area contributed by atoms with Crippen molar-refractivity contribution in [2.24, 2.45) is 0 Å². The molecule has 3 rings (SSSR count). The van der Waals surface area contributed by atoms with E-state index in [0.717, 1.165) is 42.0 Å². The highest BCUT2D eigenvalue weighted by molar-refractivity contribution is 5.98. The van der Waals surface area contributed by atoms with Crippen molar-refractivity contribution in [1.29, 1.82) is 0 Å². The molecule has 1 aliphatic rings. The number of nitrogens with zero attached hydrogens (tertiary/aromatic N) is 2. The number of ether oxygens (including phenoxy) is 1. The van der Waals surface area contributed by atoms with E-state index in [1.807, 2.05) is 24.4 Å². The maximum absolute atomic E-state index is 6.04. The van der Waals surface area contributed by atoms with Gasteiger partial charge in [0.2, 0.25) is 0 Å². The molecule has 1 saturated heterocycles. The SMILES string of the molecule is CC1(C)COCCN1c1ccc(N)c2cccnc12. The van der Waals surface area contributed by atoms with Crippen LogP contribution in [0.25, 0.3) is 10.9 Å². The Labute approximate surface area is 113 Å². The summed E-state index contributed by atoms with van der Waals surface area (Å²) in [6.45, 7) is 6.74. The molecule has 1 aromatic heterocycles. The van der Waals surface area contributed by atoms with Gasteiger partial charge in [-0.3, -0.25) is 4.98 Å². The summed E-state index contributed by atoms with van der Waals surface area (Å²) in [5.74, 6) is 0. The molecule has 1 aromatic carbocycles. The molecule has 2 N–H and O–H groups in total. The van der Waals surface area contributed by atoms with Crippen LogP contribution in [-0.4, -0.2) is 30.3 Å². The Kier molecular flexibility index (Phi) is 2.82. The van der Waals surface area contributed by atoms with E-state index in [4.69, 9.17) is 10.5 Å². The number of nitrogens with two attached hydrogens (primary N) is 1. The average Bonchev–Trinajstić information content (AvgIpc) is 2.40. The standard InChI is InChI=1S/C15H19N3O/c1-15(2)10-19-9-8-18(15)13-6-5-12(16)11-4-3-7-17-14(11)13/h3-7H,8-10,16H2,1-2H3. The number of anilines is 2. The Bertz CT molecular complexity index is 609. The van der Waals surface area contributed by atoms with Gasteiger partial charge in [0.1, 0.15) is 0 Å². The molecular formula is C15H19N3O. The van der Waals surface area contributed by atoms with Gasteiger partial charge < -0.3 is 15.4 Å². The van der Waals surface area contributed by atoms with Crippen molar-refractivity contribution < 1.29 is 4.74 Å². The third-order valence-electron chi connectivity index (χ3n) is 3.72. The van der Waals surface area contributed by atoms with Crippen molar-refractivity contribution in [3.8, 4) is 0 Å². The van der Waals surface area contributed by atoms with Crippen LogP contribution in [0.4, 0.5) is 11.4 Å². The van der Waals surface area contributed by atoms with Crippen molar-refractivity contribution >= 4 is 22.3 Å². The van der Waals surface area contributed by atoms with Gasteiger partial charge in [0.05, 0.1) is 30.0 Å². The Balaban J connectivity index is 2.17. The summed E-state index contributed by atoms with van der Waals surface area (Å²) in [5.41, 5.74) is 8.89. The van der Waals surface area contributed by atoms with E-state index < -0.39 is 0 Å². The molecule has 0 bridgehead atoms. The number of pyridine rings is 1. The molecule has 0 spiro atoms. The Morgan fingerprint density at radius 2 is 2.16 bits per heavy atom. The number of rotatable bonds is 1. The van der Waals surface area contributed by atoms with Crippen molar-refractivity contribution in [1.82, 2.24) is 4.98 Å². The van der Waals surface area contributed by atoms with Crippen LogP contribution in [0.2, 0.25) is 0 Å². The lowest BCUT2D eigenvalue weighted by molar-refractivity contribution is 0.0645. The zero-order valence-electron chi connectivity index (χ0n) is 11.4. The molecule has 0 atom stereocenters. The molecule has 0 amide bonds. The fourth-order valence-electron chi connectivity index (χ4n) is 2.70. The van der Waals surface area contributed by atoms with E-state index in [0.29, 0.717) is 0 Å². The van der Waals surface area contributed by atoms with Crippen molar-refractivity contribution in [2.45, 2.75) is 19.4 Å². The number of fused-ring (bicyclic) bond motifs is 1. The van der Waals surface area contributed by atoms with Crippen LogP contribution < -0.4 is 10.6 Å². The minimum atomic E-state index is -0.0290. The summed E-state index contributed by atoms with van der Waals surface area (Å²) in [4.78, 5) is 6.89. The number of benzene rings is 1. The van der Waals surface area contributed by atoms with Gasteiger partial charge in [0, 0.05) is 23.8 Å². The summed E-state index contributed by atoms with van der Waals surface area (Å²) < 4.78 is 5.59. The Hall–Kier alpha value is -1.81. The predicted molar refractivity (Wildman–Crippen MR) is 78.4 cm³/mol. The molecule has 2 aromatic rings. The average molecular weight is 257 g/mol.